The molecule has 2 rings (SSSR count). The van der Waals surface area contributed by atoms with Gasteiger partial charge in [-0.15, -0.1) is 0 Å². The van der Waals surface area contributed by atoms with E-state index in [1.54, 1.807) is 0 Å². The Hall–Kier alpha value is -0.0800. The number of ether oxygens (including phenoxy) is 2. The molecule has 2 nitrogen and oxygen atoms in total. The van der Waals surface area contributed by atoms with Crippen molar-refractivity contribution in [3.05, 3.63) is 0 Å². The fourth-order valence-electron chi connectivity index (χ4n) is 4.33. The first-order chi connectivity index (χ1) is 9.58. The van der Waals surface area contributed by atoms with Gasteiger partial charge in [0.15, 0.2) is 0 Å². The van der Waals surface area contributed by atoms with E-state index >= 15 is 0 Å². The van der Waals surface area contributed by atoms with Crippen molar-refractivity contribution in [2.75, 3.05) is 13.7 Å². The molecule has 0 aromatic rings. The van der Waals surface area contributed by atoms with Gasteiger partial charge in [0.25, 0.3) is 0 Å². The minimum atomic E-state index is 0.500. The van der Waals surface area contributed by atoms with Crippen LogP contribution in [0.15, 0.2) is 0 Å². The van der Waals surface area contributed by atoms with Gasteiger partial charge in [-0.25, -0.2) is 0 Å². The van der Waals surface area contributed by atoms with Crippen molar-refractivity contribution in [2.24, 2.45) is 23.7 Å². The average molecular weight is 282 g/mol. The van der Waals surface area contributed by atoms with E-state index in [2.05, 4.69) is 20.8 Å². The van der Waals surface area contributed by atoms with E-state index in [4.69, 9.17) is 9.47 Å². The molecule has 1 saturated carbocycles. The van der Waals surface area contributed by atoms with Gasteiger partial charge in [0.2, 0.25) is 0 Å². The summed E-state index contributed by atoms with van der Waals surface area (Å²) in [6, 6.07) is 0. The van der Waals surface area contributed by atoms with E-state index in [0.717, 1.165) is 30.3 Å². The Balaban J connectivity index is 1.78. The summed E-state index contributed by atoms with van der Waals surface area (Å²) in [6.07, 6.45) is 10.0. The molecule has 6 unspecified atom stereocenters. The highest BCUT2D eigenvalue weighted by Gasteiger charge is 2.30. The van der Waals surface area contributed by atoms with Crippen LogP contribution in [0, 0.1) is 23.7 Å². The molecule has 118 valence electrons. The summed E-state index contributed by atoms with van der Waals surface area (Å²) >= 11 is 0. The molecule has 2 heteroatoms. The molecular formula is C18H34O2. The van der Waals surface area contributed by atoms with Crippen molar-refractivity contribution in [1.29, 1.82) is 0 Å². The summed E-state index contributed by atoms with van der Waals surface area (Å²) in [7, 11) is 1.89. The van der Waals surface area contributed by atoms with E-state index < -0.39 is 0 Å². The Bertz CT molecular complexity index is 279. The Morgan fingerprint density at radius 1 is 1.05 bits per heavy atom. The summed E-state index contributed by atoms with van der Waals surface area (Å²) in [4.78, 5) is 0. The highest BCUT2D eigenvalue weighted by Crippen LogP contribution is 2.36. The summed E-state index contributed by atoms with van der Waals surface area (Å²) in [5.41, 5.74) is 0. The maximum absolute atomic E-state index is 5.95. The zero-order chi connectivity index (χ0) is 14.5. The van der Waals surface area contributed by atoms with Crippen molar-refractivity contribution in [2.45, 2.75) is 77.9 Å². The zero-order valence-electron chi connectivity index (χ0n) is 13.9. The van der Waals surface area contributed by atoms with E-state index in [1.807, 2.05) is 7.11 Å². The van der Waals surface area contributed by atoms with E-state index in [-0.39, 0.29) is 0 Å². The van der Waals surface area contributed by atoms with Crippen molar-refractivity contribution < 1.29 is 9.47 Å². The molecular weight excluding hydrogens is 248 g/mol. The molecule has 0 bridgehead atoms. The van der Waals surface area contributed by atoms with Crippen LogP contribution >= 0.6 is 0 Å². The molecule has 0 radical (unpaired) electrons. The van der Waals surface area contributed by atoms with E-state index in [1.165, 1.54) is 44.9 Å². The van der Waals surface area contributed by atoms with Gasteiger partial charge in [-0.1, -0.05) is 20.8 Å². The quantitative estimate of drug-likeness (QED) is 0.729. The predicted molar refractivity (Wildman–Crippen MR) is 83.8 cm³/mol. The lowest BCUT2D eigenvalue weighted by Crippen LogP contribution is -2.32. The van der Waals surface area contributed by atoms with Gasteiger partial charge in [-0.3, -0.25) is 0 Å². The lowest BCUT2D eigenvalue weighted by molar-refractivity contribution is -0.0279. The van der Waals surface area contributed by atoms with Gasteiger partial charge in [-0.2, -0.15) is 0 Å². The molecule has 2 aliphatic rings. The first-order valence-corrected chi connectivity index (χ1v) is 8.72. The molecule has 1 aliphatic heterocycles. The molecule has 2 fully saturated rings. The molecule has 0 aromatic heterocycles. The third kappa shape index (κ3) is 4.73. The maximum Gasteiger partial charge on any atom is 0.0599 e. The summed E-state index contributed by atoms with van der Waals surface area (Å²) in [5, 5.41) is 0. The molecule has 6 atom stereocenters. The highest BCUT2D eigenvalue weighted by atomic mass is 16.5. The normalized spacial score (nSPS) is 40.5. The van der Waals surface area contributed by atoms with Gasteiger partial charge in [0.1, 0.15) is 0 Å². The van der Waals surface area contributed by atoms with Crippen LogP contribution in [-0.2, 0) is 9.47 Å². The second-order valence-corrected chi connectivity index (χ2v) is 7.65. The standard InChI is InChI=1S/C18H34O2/c1-13-5-6-18(19-4)16(9-13)10-15(3)12-17-11-14(2)7-8-20-17/h13-18H,5-12H2,1-4H3. The van der Waals surface area contributed by atoms with Crippen molar-refractivity contribution in [3.8, 4) is 0 Å². The number of rotatable bonds is 5. The van der Waals surface area contributed by atoms with Crippen LogP contribution in [0.3, 0.4) is 0 Å². The minimum absolute atomic E-state index is 0.500. The van der Waals surface area contributed by atoms with Crippen LogP contribution in [0.4, 0.5) is 0 Å². The van der Waals surface area contributed by atoms with Crippen molar-refractivity contribution >= 4 is 0 Å². The van der Waals surface area contributed by atoms with Crippen LogP contribution in [0.25, 0.3) is 0 Å². The van der Waals surface area contributed by atoms with Crippen LogP contribution in [-0.4, -0.2) is 25.9 Å². The second kappa shape index (κ2) is 7.79. The molecule has 1 aliphatic carbocycles. The fraction of sp³-hybridized carbons (Fsp3) is 1.00. The van der Waals surface area contributed by atoms with Crippen molar-refractivity contribution in [3.63, 3.8) is 0 Å². The predicted octanol–water partition coefficient (Wildman–Crippen LogP) is 4.67. The van der Waals surface area contributed by atoms with Crippen molar-refractivity contribution in [1.82, 2.24) is 0 Å². The van der Waals surface area contributed by atoms with Gasteiger partial charge in [-0.05, 0) is 68.6 Å². The van der Waals surface area contributed by atoms with E-state index in [9.17, 15) is 0 Å². The summed E-state index contributed by atoms with van der Waals surface area (Å²) in [6.45, 7) is 8.15. The molecule has 0 aromatic carbocycles. The number of hydrogen-bond acceptors (Lipinski definition) is 2. The SMILES string of the molecule is COC1CCC(C)CC1CC(C)CC1CC(C)CCO1. The van der Waals surface area contributed by atoms with Gasteiger partial charge in [0, 0.05) is 13.7 Å². The van der Waals surface area contributed by atoms with Gasteiger partial charge in [0.05, 0.1) is 12.2 Å². The van der Waals surface area contributed by atoms with Gasteiger partial charge >= 0.3 is 0 Å². The average Bonchev–Trinajstić information content (AvgIpc) is 2.38. The molecule has 0 N–H and O–H groups in total. The Morgan fingerprint density at radius 3 is 2.50 bits per heavy atom. The summed E-state index contributed by atoms with van der Waals surface area (Å²) < 4.78 is 11.7. The molecule has 0 spiro atoms. The van der Waals surface area contributed by atoms with Gasteiger partial charge < -0.3 is 9.47 Å². The summed E-state index contributed by atoms with van der Waals surface area (Å²) in [5.74, 6) is 3.25. The number of methoxy groups -OCH3 is 1. The topological polar surface area (TPSA) is 18.5 Å². The maximum atomic E-state index is 5.95. The smallest absolute Gasteiger partial charge is 0.0599 e. The van der Waals surface area contributed by atoms with Crippen LogP contribution in [0.1, 0.15) is 65.7 Å². The third-order valence-electron chi connectivity index (χ3n) is 5.48. The first-order valence-electron chi connectivity index (χ1n) is 8.72. The largest absolute Gasteiger partial charge is 0.381 e. The minimum Gasteiger partial charge on any atom is -0.381 e. The third-order valence-corrected chi connectivity index (χ3v) is 5.48. The molecule has 1 heterocycles. The lowest BCUT2D eigenvalue weighted by Gasteiger charge is -2.36. The Morgan fingerprint density at radius 2 is 1.80 bits per heavy atom. The molecule has 1 saturated heterocycles. The molecule has 20 heavy (non-hydrogen) atoms. The Kier molecular flexibility index (Phi) is 6.35. The van der Waals surface area contributed by atoms with E-state index in [0.29, 0.717) is 12.2 Å². The van der Waals surface area contributed by atoms with Crippen LogP contribution in [0.5, 0.6) is 0 Å². The zero-order valence-corrected chi connectivity index (χ0v) is 13.9. The number of hydrogen-bond donors (Lipinski definition) is 0. The fourth-order valence-corrected chi connectivity index (χ4v) is 4.33. The molecule has 0 amide bonds. The Labute approximate surface area is 125 Å². The van der Waals surface area contributed by atoms with Crippen LogP contribution < -0.4 is 0 Å². The van der Waals surface area contributed by atoms with Crippen LogP contribution in [0.2, 0.25) is 0 Å². The monoisotopic (exact) mass is 282 g/mol. The second-order valence-electron chi connectivity index (χ2n) is 7.65. The lowest BCUT2D eigenvalue weighted by atomic mass is 9.75. The first kappa shape index (κ1) is 16.3. The highest BCUT2D eigenvalue weighted by molar-refractivity contribution is 4.81.